The van der Waals surface area contributed by atoms with Crippen LogP contribution in [0.15, 0.2) is 24.3 Å². The molecule has 0 aliphatic heterocycles. The molecular weight excluding hydrogens is 495 g/mol. The summed E-state index contributed by atoms with van der Waals surface area (Å²) in [4.78, 5) is 24.9. The Kier molecular flexibility index (Phi) is 20.6. The largest absolute Gasteiger partial charge is 1.00 e. The second kappa shape index (κ2) is 20.7. The fraction of sp³-hybridized carbons (Fsp3) is 0.692. The van der Waals surface area contributed by atoms with Gasteiger partial charge in [0.25, 0.3) is 0 Å². The Morgan fingerprint density at radius 2 is 1.23 bits per heavy atom. The van der Waals surface area contributed by atoms with Crippen LogP contribution in [0.2, 0.25) is 0 Å². The van der Waals surface area contributed by atoms with Crippen molar-refractivity contribution in [1.29, 1.82) is 0 Å². The molecule has 0 aliphatic carbocycles. The third kappa shape index (κ3) is 15.5. The van der Waals surface area contributed by atoms with Crippen LogP contribution >= 0.6 is 0 Å². The Bertz CT molecular complexity index is 827. The summed E-state index contributed by atoms with van der Waals surface area (Å²) < 4.78 is 44.2. The number of ether oxygens (including phenoxy) is 2. The van der Waals surface area contributed by atoms with Crippen molar-refractivity contribution >= 4 is 22.1 Å². The summed E-state index contributed by atoms with van der Waals surface area (Å²) in [7, 11) is -4.81. The molecule has 0 radical (unpaired) electrons. The van der Waals surface area contributed by atoms with Crippen molar-refractivity contribution in [3.05, 3.63) is 35.4 Å². The maximum Gasteiger partial charge on any atom is 1.00 e. The van der Waals surface area contributed by atoms with E-state index in [2.05, 4.69) is 6.92 Å². The predicted molar refractivity (Wildman–Crippen MR) is 132 cm³/mol. The zero-order valence-electron chi connectivity index (χ0n) is 21.8. The van der Waals surface area contributed by atoms with Gasteiger partial charge in [0, 0.05) is 0 Å². The summed E-state index contributed by atoms with van der Waals surface area (Å²) >= 11 is 0. The van der Waals surface area contributed by atoms with Gasteiger partial charge in [0.15, 0.2) is 5.44 Å². The molecule has 0 saturated carbocycles. The number of hydrogen-bond donors (Lipinski definition) is 0. The molecule has 1 aromatic carbocycles. The van der Waals surface area contributed by atoms with Gasteiger partial charge in [0.05, 0.1) is 17.7 Å². The summed E-state index contributed by atoms with van der Waals surface area (Å²) in [6.45, 7) is 4.15. The van der Waals surface area contributed by atoms with Gasteiger partial charge in [-0.2, -0.15) is 0 Å². The normalized spacial score (nSPS) is 12.0. The minimum absolute atomic E-state index is 0. The van der Waals surface area contributed by atoms with Crippen LogP contribution in [0.25, 0.3) is 0 Å². The number of carbonyl (C=O) groups is 2. The van der Waals surface area contributed by atoms with Gasteiger partial charge >= 0.3 is 63.3 Å². The van der Waals surface area contributed by atoms with E-state index in [-0.39, 0.29) is 75.5 Å². The van der Waals surface area contributed by atoms with E-state index < -0.39 is 27.5 Å². The quantitative estimate of drug-likeness (QED) is 0.115. The molecule has 0 bridgehead atoms. The maximum absolute atomic E-state index is 12.5. The number of benzene rings is 1. The predicted octanol–water partition coefficient (Wildman–Crippen LogP) is 3.38. The van der Waals surface area contributed by atoms with Crippen LogP contribution in [0, 0.1) is 0 Å². The summed E-state index contributed by atoms with van der Waals surface area (Å²) in [5.41, 5.74) is -1.91. The fourth-order valence-electron chi connectivity index (χ4n) is 3.71. The first-order valence-electron chi connectivity index (χ1n) is 12.7. The summed E-state index contributed by atoms with van der Waals surface area (Å²) in [6.07, 6.45) is 14.7. The average Bonchev–Trinajstić information content (AvgIpc) is 2.81. The number of unbranched alkanes of at least 4 members (excludes halogenated alkanes) is 11. The Balaban J connectivity index is 0.0000116. The van der Waals surface area contributed by atoms with Crippen molar-refractivity contribution in [2.24, 2.45) is 0 Å². The van der Waals surface area contributed by atoms with Gasteiger partial charge in [-0.1, -0.05) is 103 Å². The second-order valence-electron chi connectivity index (χ2n) is 8.69. The molecule has 9 heteroatoms. The standard InChI is InChI=1S/C26H42O7S.K/c1-3-5-6-7-8-9-10-11-12-13-14-17-21-32-25(27)22-19-15-16-20-23(22)26(28)33-24(18-4-2)34(29,30)31;/h15-16,19-20,24H,3-14,17-18,21H2,1-2H3,(H,29,30,31);/q;+1/p-1. The van der Waals surface area contributed by atoms with Gasteiger partial charge in [-0.25, -0.2) is 18.0 Å². The number of hydrogen-bond acceptors (Lipinski definition) is 7. The third-order valence-corrected chi connectivity index (χ3v) is 6.66. The van der Waals surface area contributed by atoms with Crippen molar-refractivity contribution in [2.75, 3.05) is 6.61 Å². The van der Waals surface area contributed by atoms with Crippen molar-refractivity contribution in [2.45, 2.75) is 109 Å². The van der Waals surface area contributed by atoms with Crippen molar-refractivity contribution in [3.8, 4) is 0 Å². The van der Waals surface area contributed by atoms with Gasteiger partial charge in [-0.15, -0.1) is 0 Å². The molecule has 0 heterocycles. The zero-order valence-corrected chi connectivity index (χ0v) is 25.7. The van der Waals surface area contributed by atoms with E-state index in [0.29, 0.717) is 6.42 Å². The van der Waals surface area contributed by atoms with Crippen LogP contribution in [-0.2, 0) is 19.6 Å². The molecule has 0 saturated heterocycles. The monoisotopic (exact) mass is 536 g/mol. The van der Waals surface area contributed by atoms with E-state index in [1.54, 1.807) is 13.0 Å². The van der Waals surface area contributed by atoms with E-state index in [1.165, 1.54) is 76.0 Å². The van der Waals surface area contributed by atoms with Crippen LogP contribution in [0.3, 0.4) is 0 Å². The molecule has 0 aromatic heterocycles. The molecule has 7 nitrogen and oxygen atoms in total. The Labute approximate surface area is 254 Å². The molecule has 1 unspecified atom stereocenters. The van der Waals surface area contributed by atoms with Crippen molar-refractivity contribution in [1.82, 2.24) is 0 Å². The van der Waals surface area contributed by atoms with E-state index >= 15 is 0 Å². The molecule has 1 atom stereocenters. The zero-order chi connectivity index (χ0) is 25.2. The van der Waals surface area contributed by atoms with Gasteiger partial charge in [0.1, 0.15) is 10.1 Å². The fourth-order valence-corrected chi connectivity index (χ4v) is 4.44. The third-order valence-electron chi connectivity index (χ3n) is 5.68. The molecule has 1 rings (SSSR count). The summed E-state index contributed by atoms with van der Waals surface area (Å²) in [6, 6.07) is 5.87. The SMILES string of the molecule is CCCCCCCCCCCCCCOC(=O)c1ccccc1C(=O)OC(CCC)S(=O)(=O)[O-].[K+]. The Morgan fingerprint density at radius 1 is 0.771 bits per heavy atom. The van der Waals surface area contributed by atoms with Crippen molar-refractivity contribution < 1.29 is 83.4 Å². The molecule has 1 aromatic rings. The van der Waals surface area contributed by atoms with Crippen LogP contribution in [0.5, 0.6) is 0 Å². The van der Waals surface area contributed by atoms with Crippen LogP contribution < -0.4 is 51.4 Å². The van der Waals surface area contributed by atoms with Gasteiger partial charge in [-0.05, 0) is 25.0 Å². The first kappa shape index (κ1) is 34.7. The molecular formula is C26H41KO7S. The van der Waals surface area contributed by atoms with Crippen molar-refractivity contribution in [3.63, 3.8) is 0 Å². The molecule has 0 amide bonds. The van der Waals surface area contributed by atoms with E-state index in [4.69, 9.17) is 9.47 Å². The molecule has 35 heavy (non-hydrogen) atoms. The Morgan fingerprint density at radius 3 is 1.69 bits per heavy atom. The minimum atomic E-state index is -4.81. The summed E-state index contributed by atoms with van der Waals surface area (Å²) in [5.74, 6) is -1.71. The van der Waals surface area contributed by atoms with E-state index in [1.807, 2.05) is 0 Å². The Hall–Kier alpha value is -0.294. The molecule has 0 aliphatic rings. The topological polar surface area (TPSA) is 110 Å². The van der Waals surface area contributed by atoms with Crippen LogP contribution in [-0.4, -0.2) is 37.0 Å². The molecule has 0 N–H and O–H groups in total. The molecule has 0 fully saturated rings. The first-order valence-corrected chi connectivity index (χ1v) is 14.2. The van der Waals surface area contributed by atoms with Crippen LogP contribution in [0.1, 0.15) is 124 Å². The van der Waals surface area contributed by atoms with Gasteiger partial charge in [-0.3, -0.25) is 0 Å². The number of esters is 2. The van der Waals surface area contributed by atoms with E-state index in [0.717, 1.165) is 19.3 Å². The summed E-state index contributed by atoms with van der Waals surface area (Å²) in [5, 5.41) is 0. The minimum Gasteiger partial charge on any atom is -0.745 e. The second-order valence-corrected chi connectivity index (χ2v) is 10.2. The van der Waals surface area contributed by atoms with E-state index in [9.17, 15) is 22.6 Å². The van der Waals surface area contributed by atoms with Gasteiger partial charge in [0.2, 0.25) is 0 Å². The van der Waals surface area contributed by atoms with Gasteiger partial charge < -0.3 is 14.0 Å². The maximum atomic E-state index is 12.5. The number of rotatable bonds is 19. The average molecular weight is 537 g/mol. The molecule has 194 valence electrons. The smallest absolute Gasteiger partial charge is 0.745 e. The molecule has 0 spiro atoms. The first-order chi connectivity index (χ1) is 16.3. The number of carbonyl (C=O) groups excluding carboxylic acids is 2. The van der Waals surface area contributed by atoms with Crippen LogP contribution in [0.4, 0.5) is 0 Å².